The number of ether oxygens (including phenoxy) is 1. The van der Waals surface area contributed by atoms with Crippen LogP contribution in [0.1, 0.15) is 29.8 Å². The van der Waals surface area contributed by atoms with Crippen LogP contribution in [0, 0.1) is 0 Å². The normalized spacial score (nSPS) is 17.4. The molecule has 3 fully saturated rings. The van der Waals surface area contributed by atoms with Crippen molar-refractivity contribution in [2.45, 2.75) is 26.4 Å². The van der Waals surface area contributed by atoms with E-state index in [0.717, 1.165) is 88.9 Å². The molecule has 0 radical (unpaired) electrons. The van der Waals surface area contributed by atoms with Crippen LogP contribution in [-0.2, 0) is 22.9 Å². The molecule has 3 amide bonds. The number of carbonyl (C=O) groups excluding carboxylic acids is 2. The van der Waals surface area contributed by atoms with Gasteiger partial charge in [-0.05, 0) is 81.1 Å². The highest BCUT2D eigenvalue weighted by Gasteiger charge is 2.24. The zero-order chi connectivity index (χ0) is 37.3. The fourth-order valence-electron chi connectivity index (χ4n) is 6.83. The van der Waals surface area contributed by atoms with E-state index in [1.54, 1.807) is 24.3 Å². The third-order valence-electron chi connectivity index (χ3n) is 9.94. The lowest BCUT2D eigenvalue weighted by atomic mass is 10.1. The lowest BCUT2D eigenvalue weighted by Crippen LogP contribution is -2.50. The number of piperazine rings is 2. The standard InChI is InChI=1S/C37H48N10O3.O2S/c1-27(2)44-16-18-46(19-17-44)36(48)30-6-10-32(11-7-30)39-37(49)38-31-8-4-29(5-9-31)34-40-35(45-20-22-50-23-21-45)33-24-28(26-47(33)41-34)25-43-14-12-42(3)13-15-43;1-3-2/h4-11,24,26-27H,12-23,25H2,1-3H3,(H2,38,39,49);. The van der Waals surface area contributed by atoms with Gasteiger partial charge in [0.15, 0.2) is 11.6 Å². The van der Waals surface area contributed by atoms with E-state index in [9.17, 15) is 9.59 Å². The molecule has 4 aromatic rings. The summed E-state index contributed by atoms with van der Waals surface area (Å²) in [5.74, 6) is 1.55. The predicted octanol–water partition coefficient (Wildman–Crippen LogP) is 3.12. The Bertz CT molecular complexity index is 1880. The van der Waals surface area contributed by atoms with Gasteiger partial charge in [-0.2, -0.15) is 8.42 Å². The molecule has 16 heteroatoms. The Morgan fingerprint density at radius 1 is 0.830 bits per heavy atom. The van der Waals surface area contributed by atoms with Crippen molar-refractivity contribution in [2.75, 3.05) is 101 Å². The average molecular weight is 745 g/mol. The van der Waals surface area contributed by atoms with Crippen molar-refractivity contribution >= 4 is 46.2 Å². The van der Waals surface area contributed by atoms with Crippen molar-refractivity contribution < 1.29 is 22.7 Å². The molecule has 3 aliphatic heterocycles. The lowest BCUT2D eigenvalue weighted by Gasteiger charge is -2.37. The highest BCUT2D eigenvalue weighted by molar-refractivity contribution is 7.51. The molecule has 2 N–H and O–H groups in total. The van der Waals surface area contributed by atoms with Crippen molar-refractivity contribution in [1.82, 2.24) is 34.2 Å². The minimum absolute atomic E-state index is 0.0209. The van der Waals surface area contributed by atoms with Gasteiger partial charge in [0.2, 0.25) is 0 Å². The van der Waals surface area contributed by atoms with E-state index >= 15 is 0 Å². The Labute approximate surface area is 313 Å². The summed E-state index contributed by atoms with van der Waals surface area (Å²) in [6.45, 7) is 15.6. The number of amides is 3. The fourth-order valence-corrected chi connectivity index (χ4v) is 6.83. The zero-order valence-corrected chi connectivity index (χ0v) is 31.4. The number of rotatable bonds is 8. The second-order valence-corrected chi connectivity index (χ2v) is 14.0. The van der Waals surface area contributed by atoms with E-state index in [0.29, 0.717) is 42.0 Å². The zero-order valence-electron chi connectivity index (χ0n) is 30.6. The number of urea groups is 1. The van der Waals surface area contributed by atoms with Crippen molar-refractivity contribution in [3.8, 4) is 11.4 Å². The van der Waals surface area contributed by atoms with Gasteiger partial charge in [-0.1, -0.05) is 0 Å². The Hall–Kier alpha value is -4.74. The van der Waals surface area contributed by atoms with Crippen LogP contribution in [0.4, 0.5) is 22.0 Å². The monoisotopic (exact) mass is 744 g/mol. The summed E-state index contributed by atoms with van der Waals surface area (Å²) < 4.78 is 24.2. The molecule has 0 unspecified atom stereocenters. The first-order chi connectivity index (χ1) is 25.7. The number of nitrogens with zero attached hydrogens (tertiary/aromatic N) is 8. The molecular formula is C37H48N10O5S. The summed E-state index contributed by atoms with van der Waals surface area (Å²) in [7, 11) is 2.17. The number of hydrogen-bond donors (Lipinski definition) is 2. The molecule has 0 aliphatic carbocycles. The Balaban J connectivity index is 0.00000155. The van der Waals surface area contributed by atoms with E-state index in [4.69, 9.17) is 23.2 Å². The molecule has 5 heterocycles. The first-order valence-corrected chi connectivity index (χ1v) is 18.7. The van der Waals surface area contributed by atoms with Gasteiger partial charge in [0.25, 0.3) is 5.91 Å². The quantitative estimate of drug-likeness (QED) is 0.274. The summed E-state index contributed by atoms with van der Waals surface area (Å²) in [6, 6.07) is 17.0. The van der Waals surface area contributed by atoms with Crippen molar-refractivity contribution in [2.24, 2.45) is 0 Å². The third-order valence-corrected chi connectivity index (χ3v) is 9.94. The number of likely N-dealkylation sites (N-methyl/N-ethyl adjacent to an activating group) is 1. The second kappa shape index (κ2) is 17.9. The van der Waals surface area contributed by atoms with Crippen LogP contribution in [0.15, 0.2) is 60.8 Å². The molecular weight excluding hydrogens is 697 g/mol. The summed E-state index contributed by atoms with van der Waals surface area (Å²) in [6.07, 6.45) is 2.12. The minimum Gasteiger partial charge on any atom is -0.378 e. The maximum atomic E-state index is 13.0. The number of carbonyl (C=O) groups is 2. The topological polar surface area (TPSA) is 148 Å². The van der Waals surface area contributed by atoms with Gasteiger partial charge in [-0.3, -0.25) is 14.6 Å². The van der Waals surface area contributed by atoms with Crippen LogP contribution < -0.4 is 15.5 Å². The van der Waals surface area contributed by atoms with E-state index < -0.39 is 11.6 Å². The number of aromatic nitrogens is 3. The highest BCUT2D eigenvalue weighted by Crippen LogP contribution is 2.27. The van der Waals surface area contributed by atoms with Gasteiger partial charge in [-0.25, -0.2) is 14.3 Å². The van der Waals surface area contributed by atoms with Crippen LogP contribution in [-0.4, -0.2) is 146 Å². The molecule has 0 atom stereocenters. The van der Waals surface area contributed by atoms with E-state index in [-0.39, 0.29) is 11.9 Å². The van der Waals surface area contributed by atoms with Gasteiger partial charge < -0.3 is 30.1 Å². The largest absolute Gasteiger partial charge is 0.378 e. The maximum absolute atomic E-state index is 13.0. The van der Waals surface area contributed by atoms with Crippen LogP contribution >= 0.6 is 0 Å². The fraction of sp³-hybridized carbons (Fsp3) is 0.459. The maximum Gasteiger partial charge on any atom is 0.335 e. The number of benzene rings is 2. The first kappa shape index (κ1) is 38.0. The molecule has 0 saturated carbocycles. The van der Waals surface area contributed by atoms with Gasteiger partial charge in [0.05, 0.1) is 13.2 Å². The molecule has 7 rings (SSSR count). The van der Waals surface area contributed by atoms with Gasteiger partial charge in [-0.15, -0.1) is 5.10 Å². The number of fused-ring (bicyclic) bond motifs is 1. The molecule has 0 bridgehead atoms. The number of nitrogens with one attached hydrogen (secondary N) is 2. The molecule has 53 heavy (non-hydrogen) atoms. The van der Waals surface area contributed by atoms with Gasteiger partial charge >= 0.3 is 17.6 Å². The Kier molecular flexibility index (Phi) is 12.8. The third kappa shape index (κ3) is 9.83. The minimum atomic E-state index is -0.750. The van der Waals surface area contributed by atoms with Crippen molar-refractivity contribution in [3.63, 3.8) is 0 Å². The molecule has 0 spiro atoms. The molecule has 282 valence electrons. The summed E-state index contributed by atoms with van der Waals surface area (Å²) in [4.78, 5) is 42.4. The van der Waals surface area contributed by atoms with Crippen LogP contribution in [0.3, 0.4) is 0 Å². The van der Waals surface area contributed by atoms with Gasteiger partial charge in [0, 0.05) is 107 Å². The van der Waals surface area contributed by atoms with E-state index in [1.165, 1.54) is 5.56 Å². The first-order valence-electron chi connectivity index (χ1n) is 18.1. The predicted molar refractivity (Wildman–Crippen MR) is 205 cm³/mol. The summed E-state index contributed by atoms with van der Waals surface area (Å²) in [5, 5.41) is 10.7. The molecule has 2 aromatic heterocycles. The lowest BCUT2D eigenvalue weighted by molar-refractivity contribution is 0.0595. The Morgan fingerprint density at radius 2 is 1.43 bits per heavy atom. The average Bonchev–Trinajstić information content (AvgIpc) is 3.59. The number of hydrogen-bond acceptors (Lipinski definition) is 11. The van der Waals surface area contributed by atoms with Crippen LogP contribution in [0.5, 0.6) is 0 Å². The van der Waals surface area contributed by atoms with Crippen LogP contribution in [0.25, 0.3) is 16.9 Å². The number of morpholine rings is 1. The van der Waals surface area contributed by atoms with Crippen molar-refractivity contribution in [3.05, 3.63) is 71.9 Å². The molecule has 3 saturated heterocycles. The van der Waals surface area contributed by atoms with Crippen LogP contribution in [0.2, 0.25) is 0 Å². The number of anilines is 3. The molecule has 15 nitrogen and oxygen atoms in total. The molecule has 2 aromatic carbocycles. The SMILES string of the molecule is CC(C)N1CCN(C(=O)c2ccc(NC(=O)Nc3ccc(-c4nc(N5CCOCC5)c5cc(CN6CCN(C)CC6)cn5n4)cc3)cc2)CC1.O=S=O. The summed E-state index contributed by atoms with van der Waals surface area (Å²) >= 11 is -0.750. The van der Waals surface area contributed by atoms with E-state index in [2.05, 4.69) is 63.4 Å². The summed E-state index contributed by atoms with van der Waals surface area (Å²) in [5.41, 5.74) is 4.94. The second-order valence-electron chi connectivity index (χ2n) is 13.8. The van der Waals surface area contributed by atoms with Gasteiger partial charge in [0.1, 0.15) is 5.52 Å². The van der Waals surface area contributed by atoms with E-state index in [1.807, 2.05) is 33.7 Å². The van der Waals surface area contributed by atoms with Crippen molar-refractivity contribution in [1.29, 1.82) is 0 Å². The molecule has 3 aliphatic rings. The Morgan fingerprint density at radius 3 is 2.04 bits per heavy atom. The highest BCUT2D eigenvalue weighted by atomic mass is 32.1. The smallest absolute Gasteiger partial charge is 0.335 e.